The molecule has 1 aliphatic rings. The van der Waals surface area contributed by atoms with Gasteiger partial charge in [-0.1, -0.05) is 24.8 Å². The molecule has 0 amide bonds. The summed E-state index contributed by atoms with van der Waals surface area (Å²) in [6.45, 7) is 6.73. The summed E-state index contributed by atoms with van der Waals surface area (Å²) >= 11 is 0. The Morgan fingerprint density at radius 1 is 1.40 bits per heavy atom. The van der Waals surface area contributed by atoms with Crippen LogP contribution in [0.25, 0.3) is 0 Å². The van der Waals surface area contributed by atoms with E-state index >= 15 is 0 Å². The summed E-state index contributed by atoms with van der Waals surface area (Å²) in [6, 6.07) is 7.95. The van der Waals surface area contributed by atoms with Crippen LogP contribution < -0.4 is 10.1 Å². The molecule has 4 heteroatoms. The largest absolute Gasteiger partial charge is 0.490 e. The molecule has 4 nitrogen and oxygen atoms in total. The van der Waals surface area contributed by atoms with Crippen molar-refractivity contribution in [1.82, 2.24) is 5.32 Å². The molecule has 1 saturated heterocycles. The van der Waals surface area contributed by atoms with Gasteiger partial charge >= 0.3 is 0 Å². The number of nitrogens with one attached hydrogen (secondary N) is 1. The fourth-order valence-corrected chi connectivity index (χ4v) is 2.27. The molecular weight excluding hydrogens is 254 g/mol. The lowest BCUT2D eigenvalue weighted by molar-refractivity contribution is -0.0617. The van der Waals surface area contributed by atoms with Gasteiger partial charge in [0.2, 0.25) is 0 Å². The minimum Gasteiger partial charge on any atom is -0.490 e. The van der Waals surface area contributed by atoms with Gasteiger partial charge in [-0.3, -0.25) is 0 Å². The van der Waals surface area contributed by atoms with Crippen LogP contribution in [0.15, 0.2) is 36.9 Å². The topological polar surface area (TPSA) is 50.7 Å². The summed E-state index contributed by atoms with van der Waals surface area (Å²) in [4.78, 5) is 0. The van der Waals surface area contributed by atoms with E-state index in [4.69, 9.17) is 9.47 Å². The smallest absolute Gasteiger partial charge is 0.120 e. The molecule has 2 rings (SSSR count). The Morgan fingerprint density at radius 3 is 2.95 bits per heavy atom. The summed E-state index contributed by atoms with van der Waals surface area (Å²) in [5, 5.41) is 13.7. The molecule has 0 aliphatic carbocycles. The number of ether oxygens (including phenoxy) is 2. The van der Waals surface area contributed by atoms with Gasteiger partial charge in [-0.25, -0.2) is 0 Å². The lowest BCUT2D eigenvalue weighted by Gasteiger charge is -2.32. The fourth-order valence-electron chi connectivity index (χ4n) is 2.27. The molecule has 1 heterocycles. The Labute approximate surface area is 120 Å². The zero-order valence-corrected chi connectivity index (χ0v) is 11.8. The standard InChI is InChI=1S/C16H23NO3/c1-2-8-20-15-5-3-4-14(11-15)12-17-13-16(18)6-9-19-10-7-16/h2-5,11,17-18H,1,6-10,12-13H2. The summed E-state index contributed by atoms with van der Waals surface area (Å²) in [5.74, 6) is 0.842. The Hall–Kier alpha value is -1.36. The summed E-state index contributed by atoms with van der Waals surface area (Å²) in [7, 11) is 0. The van der Waals surface area contributed by atoms with Crippen molar-refractivity contribution in [3.63, 3.8) is 0 Å². The number of benzene rings is 1. The van der Waals surface area contributed by atoms with E-state index in [-0.39, 0.29) is 0 Å². The fraction of sp³-hybridized carbons (Fsp3) is 0.500. The van der Waals surface area contributed by atoms with E-state index in [9.17, 15) is 5.11 Å². The normalized spacial score (nSPS) is 17.6. The molecule has 20 heavy (non-hydrogen) atoms. The Kier molecular flexibility index (Phi) is 5.59. The molecule has 1 aromatic carbocycles. The molecule has 0 saturated carbocycles. The molecule has 2 N–H and O–H groups in total. The highest BCUT2D eigenvalue weighted by molar-refractivity contribution is 5.28. The SMILES string of the molecule is C=CCOc1cccc(CNCC2(O)CCOCC2)c1. The third kappa shape index (κ3) is 4.63. The van der Waals surface area contributed by atoms with E-state index in [1.54, 1.807) is 6.08 Å². The molecule has 1 aliphatic heterocycles. The van der Waals surface area contributed by atoms with Crippen molar-refractivity contribution in [2.75, 3.05) is 26.4 Å². The van der Waals surface area contributed by atoms with Gasteiger partial charge in [0.25, 0.3) is 0 Å². The minimum atomic E-state index is -0.630. The first kappa shape index (κ1) is 15.0. The lowest BCUT2D eigenvalue weighted by atomic mass is 9.94. The maximum Gasteiger partial charge on any atom is 0.120 e. The van der Waals surface area contributed by atoms with Gasteiger partial charge in [0.05, 0.1) is 5.60 Å². The average Bonchev–Trinajstić information content (AvgIpc) is 2.46. The molecular formula is C16H23NO3. The second-order valence-corrected chi connectivity index (χ2v) is 5.19. The first-order chi connectivity index (χ1) is 9.72. The highest BCUT2D eigenvalue weighted by atomic mass is 16.5. The van der Waals surface area contributed by atoms with E-state index < -0.39 is 5.60 Å². The predicted molar refractivity (Wildman–Crippen MR) is 78.8 cm³/mol. The maximum atomic E-state index is 10.3. The first-order valence-electron chi connectivity index (χ1n) is 7.05. The zero-order chi connectivity index (χ0) is 14.3. The zero-order valence-electron chi connectivity index (χ0n) is 11.8. The third-order valence-corrected chi connectivity index (χ3v) is 3.47. The van der Waals surface area contributed by atoms with Crippen molar-refractivity contribution in [3.05, 3.63) is 42.5 Å². The van der Waals surface area contributed by atoms with Crippen LogP contribution in [0.2, 0.25) is 0 Å². The molecule has 0 bridgehead atoms. The van der Waals surface area contributed by atoms with E-state index in [1.807, 2.05) is 24.3 Å². The van der Waals surface area contributed by atoms with Crippen molar-refractivity contribution in [2.24, 2.45) is 0 Å². The highest BCUT2D eigenvalue weighted by Gasteiger charge is 2.28. The molecule has 0 aromatic heterocycles. The van der Waals surface area contributed by atoms with Crippen molar-refractivity contribution in [3.8, 4) is 5.75 Å². The van der Waals surface area contributed by atoms with E-state index in [2.05, 4.69) is 11.9 Å². The first-order valence-corrected chi connectivity index (χ1v) is 7.05. The summed E-state index contributed by atoms with van der Waals surface area (Å²) in [6.07, 6.45) is 3.12. The van der Waals surface area contributed by atoms with Gasteiger partial charge in [0.1, 0.15) is 12.4 Å². The van der Waals surface area contributed by atoms with Crippen molar-refractivity contribution in [1.29, 1.82) is 0 Å². The molecule has 1 fully saturated rings. The highest BCUT2D eigenvalue weighted by Crippen LogP contribution is 2.19. The number of hydrogen-bond acceptors (Lipinski definition) is 4. The molecule has 0 unspecified atom stereocenters. The Morgan fingerprint density at radius 2 is 2.20 bits per heavy atom. The van der Waals surface area contributed by atoms with Crippen LogP contribution >= 0.6 is 0 Å². The number of hydrogen-bond donors (Lipinski definition) is 2. The molecule has 0 radical (unpaired) electrons. The molecule has 0 atom stereocenters. The van der Waals surface area contributed by atoms with Crippen LogP contribution in [0.3, 0.4) is 0 Å². The quantitative estimate of drug-likeness (QED) is 0.747. The monoisotopic (exact) mass is 277 g/mol. The van der Waals surface area contributed by atoms with Crippen LogP contribution in [-0.2, 0) is 11.3 Å². The third-order valence-electron chi connectivity index (χ3n) is 3.47. The van der Waals surface area contributed by atoms with Crippen LogP contribution in [0.5, 0.6) is 5.75 Å². The summed E-state index contributed by atoms with van der Waals surface area (Å²) in [5.41, 5.74) is 0.511. The van der Waals surface area contributed by atoms with Crippen LogP contribution in [0, 0.1) is 0 Å². The van der Waals surface area contributed by atoms with Crippen molar-refractivity contribution < 1.29 is 14.6 Å². The van der Waals surface area contributed by atoms with Crippen LogP contribution in [-0.4, -0.2) is 37.1 Å². The van der Waals surface area contributed by atoms with Crippen molar-refractivity contribution in [2.45, 2.75) is 25.0 Å². The molecule has 110 valence electrons. The van der Waals surface area contributed by atoms with Crippen molar-refractivity contribution >= 4 is 0 Å². The Balaban J connectivity index is 1.79. The van der Waals surface area contributed by atoms with Gasteiger partial charge < -0.3 is 19.9 Å². The summed E-state index contributed by atoms with van der Waals surface area (Å²) < 4.78 is 10.8. The number of aliphatic hydroxyl groups is 1. The van der Waals surface area contributed by atoms with Crippen LogP contribution in [0.4, 0.5) is 0 Å². The average molecular weight is 277 g/mol. The molecule has 1 aromatic rings. The van der Waals surface area contributed by atoms with Gasteiger partial charge in [-0.15, -0.1) is 0 Å². The lowest BCUT2D eigenvalue weighted by Crippen LogP contribution is -2.44. The second kappa shape index (κ2) is 7.43. The Bertz CT molecular complexity index is 427. The second-order valence-electron chi connectivity index (χ2n) is 5.19. The van der Waals surface area contributed by atoms with E-state index in [1.165, 1.54) is 0 Å². The van der Waals surface area contributed by atoms with Gasteiger partial charge in [-0.05, 0) is 17.7 Å². The van der Waals surface area contributed by atoms with Crippen LogP contribution in [0.1, 0.15) is 18.4 Å². The maximum absolute atomic E-state index is 10.3. The minimum absolute atomic E-state index is 0.511. The van der Waals surface area contributed by atoms with Gasteiger partial charge in [0.15, 0.2) is 0 Å². The van der Waals surface area contributed by atoms with E-state index in [0.29, 0.717) is 45.8 Å². The van der Waals surface area contributed by atoms with Gasteiger partial charge in [0, 0.05) is 39.1 Å². The van der Waals surface area contributed by atoms with E-state index in [0.717, 1.165) is 11.3 Å². The van der Waals surface area contributed by atoms with Gasteiger partial charge in [-0.2, -0.15) is 0 Å². The predicted octanol–water partition coefficient (Wildman–Crippen LogP) is 1.88. The number of rotatable bonds is 7. The molecule has 0 spiro atoms.